The molecule has 0 amide bonds. The lowest BCUT2D eigenvalue weighted by molar-refractivity contribution is -0.146. The molecule has 0 N–H and O–H groups in total. The van der Waals surface area contributed by atoms with Crippen molar-refractivity contribution in [1.29, 1.82) is 0 Å². The summed E-state index contributed by atoms with van der Waals surface area (Å²) in [4.78, 5) is 11.5. The lowest BCUT2D eigenvalue weighted by atomic mass is 10.1. The maximum absolute atomic E-state index is 11.5. The summed E-state index contributed by atoms with van der Waals surface area (Å²) in [6.45, 7) is 4.56. The first-order chi connectivity index (χ1) is 5.69. The topological polar surface area (TPSA) is 26.3 Å². The lowest BCUT2D eigenvalue weighted by Gasteiger charge is -2.19. The van der Waals surface area contributed by atoms with Crippen molar-refractivity contribution >= 4 is 17.7 Å². The smallest absolute Gasteiger partial charge is 0.321 e. The fourth-order valence-electron chi connectivity index (χ4n) is 1.29. The maximum Gasteiger partial charge on any atom is 0.321 e. The number of hydrogen-bond acceptors (Lipinski definition) is 3. The minimum absolute atomic E-state index is 0.0214. The summed E-state index contributed by atoms with van der Waals surface area (Å²) >= 11 is 1.73. The number of esters is 1. The van der Waals surface area contributed by atoms with E-state index in [4.69, 9.17) is 4.74 Å². The number of ether oxygens (including phenoxy) is 1. The van der Waals surface area contributed by atoms with Crippen LogP contribution in [0.15, 0.2) is 0 Å². The van der Waals surface area contributed by atoms with Gasteiger partial charge in [0.25, 0.3) is 0 Å². The second kappa shape index (κ2) is 4.17. The molecule has 0 aromatic rings. The van der Waals surface area contributed by atoms with Gasteiger partial charge in [-0.25, -0.2) is 0 Å². The van der Waals surface area contributed by atoms with Gasteiger partial charge in [-0.15, -0.1) is 11.8 Å². The molecular weight excluding hydrogens is 172 g/mol. The van der Waals surface area contributed by atoms with E-state index in [9.17, 15) is 4.79 Å². The van der Waals surface area contributed by atoms with Crippen LogP contribution in [0.25, 0.3) is 0 Å². The largest absolute Gasteiger partial charge is 0.465 e. The summed E-state index contributed by atoms with van der Waals surface area (Å²) in [6, 6.07) is 0. The molecule has 3 heteroatoms. The number of carbonyl (C=O) groups is 1. The minimum Gasteiger partial charge on any atom is -0.465 e. The van der Waals surface area contributed by atoms with E-state index in [-0.39, 0.29) is 10.7 Å². The zero-order valence-electron chi connectivity index (χ0n) is 7.76. The summed E-state index contributed by atoms with van der Waals surface area (Å²) < 4.78 is 4.88. The van der Waals surface area contributed by atoms with Crippen molar-refractivity contribution in [3.63, 3.8) is 0 Å². The second-order valence-electron chi connectivity index (χ2n) is 3.32. The summed E-state index contributed by atoms with van der Waals surface area (Å²) in [5.41, 5.74) is 0. The van der Waals surface area contributed by atoms with Gasteiger partial charge in [-0.1, -0.05) is 6.92 Å². The van der Waals surface area contributed by atoms with Crippen molar-refractivity contribution in [2.24, 2.45) is 0 Å². The molecule has 0 saturated carbocycles. The highest BCUT2D eigenvalue weighted by atomic mass is 32.2. The van der Waals surface area contributed by atoms with Gasteiger partial charge in [0.2, 0.25) is 0 Å². The highest BCUT2D eigenvalue weighted by molar-refractivity contribution is 8.01. The molecule has 1 heterocycles. The zero-order valence-corrected chi connectivity index (χ0v) is 8.58. The molecule has 1 unspecified atom stereocenters. The Labute approximate surface area is 78.1 Å². The van der Waals surface area contributed by atoms with Crippen molar-refractivity contribution in [2.75, 3.05) is 12.4 Å². The van der Waals surface area contributed by atoms with E-state index in [1.807, 2.05) is 13.8 Å². The van der Waals surface area contributed by atoms with E-state index < -0.39 is 0 Å². The predicted octanol–water partition coefficient (Wildman–Crippen LogP) is 2.23. The molecule has 0 aromatic heterocycles. The van der Waals surface area contributed by atoms with Gasteiger partial charge in [-0.05, 0) is 31.9 Å². The Balaban J connectivity index is 2.39. The maximum atomic E-state index is 11.5. The number of carbonyl (C=O) groups excluding carboxylic acids is 1. The van der Waals surface area contributed by atoms with Crippen LogP contribution in [0.1, 0.15) is 33.1 Å². The van der Waals surface area contributed by atoms with Gasteiger partial charge in [0.05, 0.1) is 6.61 Å². The molecule has 1 rings (SSSR count). The first-order valence-corrected chi connectivity index (χ1v) is 5.49. The average molecular weight is 188 g/mol. The molecule has 12 heavy (non-hydrogen) atoms. The molecule has 1 aliphatic heterocycles. The van der Waals surface area contributed by atoms with Crippen molar-refractivity contribution < 1.29 is 9.53 Å². The van der Waals surface area contributed by atoms with Crippen molar-refractivity contribution in [1.82, 2.24) is 0 Å². The molecule has 1 saturated heterocycles. The normalized spacial score (nSPS) is 28.8. The summed E-state index contributed by atoms with van der Waals surface area (Å²) in [6.07, 6.45) is 3.02. The Morgan fingerprint density at radius 3 is 2.92 bits per heavy atom. The van der Waals surface area contributed by atoms with Gasteiger partial charge in [-0.2, -0.15) is 0 Å². The van der Waals surface area contributed by atoms with Crippen LogP contribution in [0.5, 0.6) is 0 Å². The van der Waals surface area contributed by atoms with Crippen molar-refractivity contribution in [3.8, 4) is 0 Å². The molecule has 1 fully saturated rings. The van der Waals surface area contributed by atoms with Gasteiger partial charge in [0.1, 0.15) is 4.75 Å². The molecule has 0 aromatic carbocycles. The van der Waals surface area contributed by atoms with Crippen LogP contribution in [0.4, 0.5) is 0 Å². The predicted molar refractivity (Wildman–Crippen MR) is 51.3 cm³/mol. The van der Waals surface area contributed by atoms with E-state index in [1.54, 1.807) is 11.8 Å². The summed E-state index contributed by atoms with van der Waals surface area (Å²) in [5, 5.41) is 0. The van der Waals surface area contributed by atoms with Crippen LogP contribution in [-0.4, -0.2) is 23.1 Å². The third kappa shape index (κ3) is 2.16. The van der Waals surface area contributed by atoms with Gasteiger partial charge in [-0.3, -0.25) is 4.79 Å². The van der Waals surface area contributed by atoms with E-state index in [2.05, 4.69) is 0 Å². The highest BCUT2D eigenvalue weighted by Gasteiger charge is 2.38. The molecule has 0 spiro atoms. The molecule has 2 nitrogen and oxygen atoms in total. The van der Waals surface area contributed by atoms with Crippen LogP contribution in [-0.2, 0) is 9.53 Å². The molecular formula is C9H16O2S. The van der Waals surface area contributed by atoms with Gasteiger partial charge >= 0.3 is 5.97 Å². The van der Waals surface area contributed by atoms with Gasteiger partial charge in [0.15, 0.2) is 0 Å². The molecule has 0 bridgehead atoms. The first-order valence-electron chi connectivity index (χ1n) is 4.50. The third-order valence-electron chi connectivity index (χ3n) is 2.09. The lowest BCUT2D eigenvalue weighted by Crippen LogP contribution is -2.30. The van der Waals surface area contributed by atoms with Gasteiger partial charge < -0.3 is 4.74 Å². The Morgan fingerprint density at radius 1 is 1.67 bits per heavy atom. The van der Waals surface area contributed by atoms with E-state index in [1.165, 1.54) is 0 Å². The van der Waals surface area contributed by atoms with Crippen molar-refractivity contribution in [3.05, 3.63) is 0 Å². The Bertz CT molecular complexity index is 162. The number of thioether (sulfide) groups is 1. The third-order valence-corrected chi connectivity index (χ3v) is 3.59. The fraction of sp³-hybridized carbons (Fsp3) is 0.889. The van der Waals surface area contributed by atoms with Gasteiger partial charge in [0, 0.05) is 0 Å². The standard InChI is InChI=1S/C9H16O2S/c1-3-6-11-8(10)9(2)5-4-7-12-9/h3-7H2,1-2H3. The van der Waals surface area contributed by atoms with E-state index in [0.717, 1.165) is 25.0 Å². The Morgan fingerprint density at radius 2 is 2.42 bits per heavy atom. The highest BCUT2D eigenvalue weighted by Crippen LogP contribution is 2.38. The fourth-order valence-corrected chi connectivity index (χ4v) is 2.49. The Hall–Kier alpha value is -0.180. The second-order valence-corrected chi connectivity index (χ2v) is 4.92. The van der Waals surface area contributed by atoms with E-state index >= 15 is 0 Å². The molecule has 1 atom stereocenters. The average Bonchev–Trinajstić information content (AvgIpc) is 2.49. The van der Waals surface area contributed by atoms with E-state index in [0.29, 0.717) is 6.61 Å². The minimum atomic E-state index is -0.241. The molecule has 1 aliphatic rings. The van der Waals surface area contributed by atoms with Crippen LogP contribution < -0.4 is 0 Å². The van der Waals surface area contributed by atoms with Crippen LogP contribution in [0.3, 0.4) is 0 Å². The molecule has 0 aliphatic carbocycles. The SMILES string of the molecule is CCCOC(=O)C1(C)CCCS1. The van der Waals surface area contributed by atoms with Crippen LogP contribution >= 0.6 is 11.8 Å². The quantitative estimate of drug-likeness (QED) is 0.635. The van der Waals surface area contributed by atoms with Crippen LogP contribution in [0, 0.1) is 0 Å². The molecule has 0 radical (unpaired) electrons. The summed E-state index contributed by atoms with van der Waals surface area (Å²) in [5.74, 6) is 1.07. The monoisotopic (exact) mass is 188 g/mol. The number of rotatable bonds is 3. The number of hydrogen-bond donors (Lipinski definition) is 0. The Kier molecular flexibility index (Phi) is 3.44. The van der Waals surface area contributed by atoms with Crippen LogP contribution in [0.2, 0.25) is 0 Å². The summed E-state index contributed by atoms with van der Waals surface area (Å²) in [7, 11) is 0. The van der Waals surface area contributed by atoms with Crippen molar-refractivity contribution in [2.45, 2.75) is 37.9 Å². The first kappa shape index (κ1) is 9.90. The molecule has 70 valence electrons. The zero-order chi connectivity index (χ0) is 9.03.